The summed E-state index contributed by atoms with van der Waals surface area (Å²) in [6.45, 7) is 2.35. The van der Waals surface area contributed by atoms with Gasteiger partial charge in [0.15, 0.2) is 5.13 Å². The van der Waals surface area contributed by atoms with Crippen LogP contribution in [0.25, 0.3) is 22.2 Å². The average Bonchev–Trinajstić information content (AvgIpc) is 3.13. The molecular weight excluding hydrogens is 290 g/mol. The summed E-state index contributed by atoms with van der Waals surface area (Å²) in [6.07, 6.45) is 7.30. The summed E-state index contributed by atoms with van der Waals surface area (Å²) in [6, 6.07) is 8.98. The molecule has 1 aliphatic carbocycles. The summed E-state index contributed by atoms with van der Waals surface area (Å²) in [5, 5.41) is 8.09. The maximum atomic E-state index is 4.81. The first kappa shape index (κ1) is 13.8. The predicted octanol–water partition coefficient (Wildman–Crippen LogP) is 5.28. The molecule has 1 fully saturated rings. The minimum absolute atomic E-state index is 0.589. The molecule has 22 heavy (non-hydrogen) atoms. The Bertz CT molecular complexity index is 773. The summed E-state index contributed by atoms with van der Waals surface area (Å²) in [5.41, 5.74) is 3.42. The van der Waals surface area contributed by atoms with Crippen LogP contribution in [0.5, 0.6) is 0 Å². The number of anilines is 1. The highest BCUT2D eigenvalue weighted by Gasteiger charge is 2.19. The van der Waals surface area contributed by atoms with Gasteiger partial charge in [0, 0.05) is 34.1 Å². The molecule has 2 aromatic heterocycles. The number of nitrogens with zero attached hydrogens (tertiary/aromatic N) is 1. The van der Waals surface area contributed by atoms with Crippen LogP contribution < -0.4 is 5.32 Å². The highest BCUT2D eigenvalue weighted by molar-refractivity contribution is 7.14. The van der Waals surface area contributed by atoms with E-state index in [0.717, 1.165) is 16.7 Å². The molecule has 4 heteroatoms. The molecule has 4 rings (SSSR count). The van der Waals surface area contributed by atoms with Crippen molar-refractivity contribution in [3.05, 3.63) is 35.8 Å². The van der Waals surface area contributed by atoms with Crippen molar-refractivity contribution in [1.82, 2.24) is 9.97 Å². The van der Waals surface area contributed by atoms with E-state index in [2.05, 4.69) is 53.1 Å². The molecule has 0 radical (unpaired) electrons. The standard InChI is InChI=1S/C18H21N3S/c1-12-5-4-6-13(9-12)20-18-21-17(11-22-18)15-10-19-16-8-3-2-7-14(15)16/h2-3,7-8,10-13,19H,4-6,9H2,1H3,(H,20,21)/t12-,13-/m0/s1. The zero-order chi connectivity index (χ0) is 14.9. The number of benzene rings is 1. The molecule has 2 heterocycles. The lowest BCUT2D eigenvalue weighted by molar-refractivity contribution is 0.358. The predicted molar refractivity (Wildman–Crippen MR) is 94.4 cm³/mol. The zero-order valence-electron chi connectivity index (χ0n) is 12.8. The van der Waals surface area contributed by atoms with Gasteiger partial charge in [0.25, 0.3) is 0 Å². The third-order valence-electron chi connectivity index (χ3n) is 4.63. The lowest BCUT2D eigenvalue weighted by Gasteiger charge is -2.27. The van der Waals surface area contributed by atoms with E-state index < -0.39 is 0 Å². The Balaban J connectivity index is 1.56. The van der Waals surface area contributed by atoms with Crippen LogP contribution in [0.4, 0.5) is 5.13 Å². The van der Waals surface area contributed by atoms with E-state index in [4.69, 9.17) is 4.98 Å². The lowest BCUT2D eigenvalue weighted by atomic mass is 9.87. The molecule has 1 aromatic carbocycles. The van der Waals surface area contributed by atoms with Gasteiger partial charge in [-0.15, -0.1) is 11.3 Å². The van der Waals surface area contributed by atoms with Gasteiger partial charge in [-0.2, -0.15) is 0 Å². The van der Waals surface area contributed by atoms with Gasteiger partial charge in [-0.05, 0) is 24.8 Å². The van der Waals surface area contributed by atoms with E-state index in [1.807, 2.05) is 0 Å². The normalized spacial score (nSPS) is 22.0. The van der Waals surface area contributed by atoms with Gasteiger partial charge >= 0.3 is 0 Å². The third-order valence-corrected chi connectivity index (χ3v) is 5.41. The van der Waals surface area contributed by atoms with Crippen molar-refractivity contribution in [2.75, 3.05) is 5.32 Å². The number of rotatable bonds is 3. The molecule has 3 aromatic rings. The van der Waals surface area contributed by atoms with Crippen molar-refractivity contribution in [3.63, 3.8) is 0 Å². The minimum atomic E-state index is 0.589. The Morgan fingerprint density at radius 3 is 3.09 bits per heavy atom. The Morgan fingerprint density at radius 1 is 1.27 bits per heavy atom. The van der Waals surface area contributed by atoms with Crippen LogP contribution in [0.15, 0.2) is 35.8 Å². The van der Waals surface area contributed by atoms with E-state index in [1.165, 1.54) is 42.1 Å². The molecule has 0 amide bonds. The van der Waals surface area contributed by atoms with Gasteiger partial charge in [-0.1, -0.05) is 38.0 Å². The first-order valence-corrected chi connectivity index (χ1v) is 8.96. The second kappa shape index (κ2) is 5.76. The van der Waals surface area contributed by atoms with Crippen LogP contribution in [0.1, 0.15) is 32.6 Å². The number of H-pyrrole nitrogens is 1. The molecule has 0 spiro atoms. The number of aromatic nitrogens is 2. The number of nitrogens with one attached hydrogen (secondary N) is 2. The molecule has 2 N–H and O–H groups in total. The Labute approximate surface area is 134 Å². The van der Waals surface area contributed by atoms with Crippen LogP contribution in [0, 0.1) is 5.92 Å². The highest BCUT2D eigenvalue weighted by atomic mass is 32.1. The molecule has 1 saturated carbocycles. The van der Waals surface area contributed by atoms with Crippen molar-refractivity contribution >= 4 is 27.4 Å². The van der Waals surface area contributed by atoms with Crippen LogP contribution in [0.3, 0.4) is 0 Å². The number of para-hydroxylation sites is 1. The van der Waals surface area contributed by atoms with E-state index in [0.29, 0.717) is 6.04 Å². The number of fused-ring (bicyclic) bond motifs is 1. The summed E-state index contributed by atoms with van der Waals surface area (Å²) in [7, 11) is 0. The van der Waals surface area contributed by atoms with Gasteiger partial charge < -0.3 is 10.3 Å². The molecule has 3 nitrogen and oxygen atoms in total. The van der Waals surface area contributed by atoms with Gasteiger partial charge in [0.05, 0.1) is 5.69 Å². The Hall–Kier alpha value is -1.81. The molecule has 0 aliphatic heterocycles. The molecule has 2 atom stereocenters. The van der Waals surface area contributed by atoms with Gasteiger partial charge in [0.2, 0.25) is 0 Å². The summed E-state index contributed by atoms with van der Waals surface area (Å²) in [4.78, 5) is 8.14. The topological polar surface area (TPSA) is 40.7 Å². The Kier molecular flexibility index (Phi) is 3.62. The smallest absolute Gasteiger partial charge is 0.183 e. The number of hydrogen-bond acceptors (Lipinski definition) is 3. The van der Waals surface area contributed by atoms with Crippen LogP contribution in [0.2, 0.25) is 0 Å². The lowest BCUT2D eigenvalue weighted by Crippen LogP contribution is -2.26. The van der Waals surface area contributed by atoms with Crippen LogP contribution >= 0.6 is 11.3 Å². The number of hydrogen-bond donors (Lipinski definition) is 2. The fourth-order valence-corrected chi connectivity index (χ4v) is 4.28. The second-order valence-corrected chi connectivity index (χ2v) is 7.26. The molecular formula is C18H21N3S. The molecule has 114 valence electrons. The van der Waals surface area contributed by atoms with E-state index in [9.17, 15) is 0 Å². The monoisotopic (exact) mass is 311 g/mol. The van der Waals surface area contributed by atoms with Gasteiger partial charge in [-0.25, -0.2) is 4.98 Å². The zero-order valence-corrected chi connectivity index (χ0v) is 13.6. The van der Waals surface area contributed by atoms with E-state index in [-0.39, 0.29) is 0 Å². The van der Waals surface area contributed by atoms with Gasteiger partial charge in [0.1, 0.15) is 0 Å². The van der Waals surface area contributed by atoms with E-state index in [1.54, 1.807) is 11.3 Å². The van der Waals surface area contributed by atoms with Gasteiger partial charge in [-0.3, -0.25) is 0 Å². The maximum absolute atomic E-state index is 4.81. The summed E-state index contributed by atoms with van der Waals surface area (Å²) >= 11 is 1.72. The fraction of sp³-hybridized carbons (Fsp3) is 0.389. The molecule has 0 bridgehead atoms. The highest BCUT2D eigenvalue weighted by Crippen LogP contribution is 2.32. The average molecular weight is 311 g/mol. The van der Waals surface area contributed by atoms with Crippen LogP contribution in [-0.4, -0.2) is 16.0 Å². The second-order valence-electron chi connectivity index (χ2n) is 6.40. The molecule has 0 unspecified atom stereocenters. The summed E-state index contributed by atoms with van der Waals surface area (Å²) in [5.74, 6) is 0.833. The van der Waals surface area contributed by atoms with Crippen LogP contribution in [-0.2, 0) is 0 Å². The number of thiazole rings is 1. The van der Waals surface area contributed by atoms with Crippen molar-refractivity contribution in [3.8, 4) is 11.3 Å². The fourth-order valence-electron chi connectivity index (χ4n) is 3.49. The van der Waals surface area contributed by atoms with Crippen molar-refractivity contribution in [2.24, 2.45) is 5.92 Å². The maximum Gasteiger partial charge on any atom is 0.183 e. The Morgan fingerprint density at radius 2 is 2.18 bits per heavy atom. The quantitative estimate of drug-likeness (QED) is 0.690. The first-order valence-electron chi connectivity index (χ1n) is 8.08. The number of aromatic amines is 1. The van der Waals surface area contributed by atoms with Crippen molar-refractivity contribution in [1.29, 1.82) is 0 Å². The van der Waals surface area contributed by atoms with Crippen molar-refractivity contribution in [2.45, 2.75) is 38.6 Å². The largest absolute Gasteiger partial charge is 0.360 e. The molecule has 1 aliphatic rings. The summed E-state index contributed by atoms with van der Waals surface area (Å²) < 4.78 is 0. The third kappa shape index (κ3) is 2.63. The SMILES string of the molecule is C[C@H]1CCC[C@H](Nc2nc(-c3c[nH]c4ccccc34)cs2)C1. The first-order chi connectivity index (χ1) is 10.8. The van der Waals surface area contributed by atoms with Crippen molar-refractivity contribution < 1.29 is 0 Å². The minimum Gasteiger partial charge on any atom is -0.360 e. The van der Waals surface area contributed by atoms with E-state index >= 15 is 0 Å². The molecule has 0 saturated heterocycles.